The van der Waals surface area contributed by atoms with E-state index in [4.69, 9.17) is 9.47 Å². The summed E-state index contributed by atoms with van der Waals surface area (Å²) < 4.78 is 16.4. The van der Waals surface area contributed by atoms with E-state index >= 15 is 0 Å². The van der Waals surface area contributed by atoms with Gasteiger partial charge in [-0.2, -0.15) is 0 Å². The number of benzene rings is 2. The molecule has 0 aliphatic carbocycles. The first-order valence-electron chi connectivity index (χ1n) is 12.6. The van der Waals surface area contributed by atoms with Gasteiger partial charge in [-0.25, -0.2) is 4.79 Å². The smallest absolute Gasteiger partial charge is 0.406 e. The summed E-state index contributed by atoms with van der Waals surface area (Å²) in [6.07, 6.45) is 2.36. The Balaban J connectivity index is 1.66. The third kappa shape index (κ3) is 8.62. The molecule has 3 rings (SSSR count). The molecule has 0 spiro atoms. The number of aryl methyl sites for hydroxylation is 1. The van der Waals surface area contributed by atoms with Crippen LogP contribution in [0.3, 0.4) is 0 Å². The fourth-order valence-electron chi connectivity index (χ4n) is 4.48. The Bertz CT molecular complexity index is 977. The zero-order chi connectivity index (χ0) is 25.8. The van der Waals surface area contributed by atoms with Crippen molar-refractivity contribution >= 4 is 12.0 Å². The lowest BCUT2D eigenvalue weighted by Gasteiger charge is -2.26. The third-order valence-electron chi connectivity index (χ3n) is 6.43. The molecule has 1 aliphatic heterocycles. The highest BCUT2D eigenvalue weighted by Gasteiger charge is 2.20. The Labute approximate surface area is 214 Å². The standard InChI is InChI=1S/C28H39N3O5/c1-20-7-4-9-22(15-20)26(36-14-12-30-28(33)34-3)23-10-5-11-24(17-23)27(32)31-18-25(29-2)16-21-8-6-13-35-19-21/h4-5,7,9-11,15,17,21,25-26,29H,6,8,12-14,16,18-19H2,1-3H3,(H,30,33)(H,31,32)/t21-,25+,26+/m1/s1. The van der Waals surface area contributed by atoms with Gasteiger partial charge in [0.15, 0.2) is 0 Å². The number of hydrogen-bond donors (Lipinski definition) is 3. The molecular formula is C28H39N3O5. The maximum atomic E-state index is 13.0. The molecule has 2 amide bonds. The van der Waals surface area contributed by atoms with E-state index in [9.17, 15) is 9.59 Å². The SMILES string of the molecule is CN[C@H](CNC(=O)c1cccc([C@@H](OCCNC(=O)OC)c2cccc(C)c2)c1)C[C@H]1CCCOC1. The fourth-order valence-corrected chi connectivity index (χ4v) is 4.48. The molecule has 2 aromatic rings. The zero-order valence-electron chi connectivity index (χ0n) is 21.5. The van der Waals surface area contributed by atoms with Crippen molar-refractivity contribution in [2.75, 3.05) is 47.1 Å². The first kappa shape index (κ1) is 27.6. The number of carbonyl (C=O) groups excluding carboxylic acids is 2. The van der Waals surface area contributed by atoms with Gasteiger partial charge in [0.05, 0.1) is 13.7 Å². The highest BCUT2D eigenvalue weighted by molar-refractivity contribution is 5.94. The van der Waals surface area contributed by atoms with Gasteiger partial charge < -0.3 is 30.2 Å². The Morgan fingerprint density at radius 1 is 1.11 bits per heavy atom. The molecule has 1 heterocycles. The lowest BCUT2D eigenvalue weighted by molar-refractivity contribution is 0.0478. The number of likely N-dealkylation sites (N-methyl/N-ethyl adjacent to an activating group) is 1. The van der Waals surface area contributed by atoms with Crippen molar-refractivity contribution in [3.05, 3.63) is 70.8 Å². The van der Waals surface area contributed by atoms with Crippen LogP contribution >= 0.6 is 0 Å². The number of nitrogens with one attached hydrogen (secondary N) is 3. The molecule has 1 fully saturated rings. The quantitative estimate of drug-likeness (QED) is 0.388. The van der Waals surface area contributed by atoms with Crippen LogP contribution in [0.2, 0.25) is 0 Å². The van der Waals surface area contributed by atoms with Crippen LogP contribution in [0.25, 0.3) is 0 Å². The Morgan fingerprint density at radius 2 is 1.89 bits per heavy atom. The second-order valence-electron chi connectivity index (χ2n) is 9.22. The van der Waals surface area contributed by atoms with Crippen molar-refractivity contribution < 1.29 is 23.8 Å². The second-order valence-corrected chi connectivity index (χ2v) is 9.22. The number of carbonyl (C=O) groups is 2. The maximum absolute atomic E-state index is 13.0. The first-order chi connectivity index (χ1) is 17.5. The van der Waals surface area contributed by atoms with Gasteiger partial charge >= 0.3 is 6.09 Å². The summed E-state index contributed by atoms with van der Waals surface area (Å²) in [6, 6.07) is 15.8. The molecule has 2 aromatic carbocycles. The van der Waals surface area contributed by atoms with Gasteiger partial charge in [-0.05, 0) is 62.4 Å². The highest BCUT2D eigenvalue weighted by Crippen LogP contribution is 2.27. The van der Waals surface area contributed by atoms with Gasteiger partial charge in [-0.3, -0.25) is 4.79 Å². The number of rotatable bonds is 12. The molecular weight excluding hydrogens is 458 g/mol. The lowest BCUT2D eigenvalue weighted by Crippen LogP contribution is -2.41. The molecule has 0 radical (unpaired) electrons. The average Bonchev–Trinajstić information content (AvgIpc) is 2.91. The molecule has 8 heteroatoms. The van der Waals surface area contributed by atoms with Gasteiger partial charge in [0, 0.05) is 37.9 Å². The minimum Gasteiger partial charge on any atom is -0.453 e. The van der Waals surface area contributed by atoms with E-state index in [0.29, 0.717) is 31.2 Å². The largest absolute Gasteiger partial charge is 0.453 e. The van der Waals surface area contributed by atoms with Gasteiger partial charge in [0.2, 0.25) is 0 Å². The van der Waals surface area contributed by atoms with E-state index in [1.165, 1.54) is 13.5 Å². The molecule has 3 N–H and O–H groups in total. The van der Waals surface area contributed by atoms with Crippen LogP contribution in [0.15, 0.2) is 48.5 Å². The molecule has 8 nitrogen and oxygen atoms in total. The van der Waals surface area contributed by atoms with Crippen LogP contribution in [0.1, 0.15) is 52.4 Å². The molecule has 1 saturated heterocycles. The van der Waals surface area contributed by atoms with Crippen LogP contribution < -0.4 is 16.0 Å². The van der Waals surface area contributed by atoms with Crippen molar-refractivity contribution in [2.45, 2.75) is 38.3 Å². The van der Waals surface area contributed by atoms with Crippen LogP contribution in [0.5, 0.6) is 0 Å². The molecule has 196 valence electrons. The summed E-state index contributed by atoms with van der Waals surface area (Å²) in [6.45, 7) is 4.83. The number of methoxy groups -OCH3 is 1. The molecule has 0 saturated carbocycles. The van der Waals surface area contributed by atoms with Crippen LogP contribution in [-0.4, -0.2) is 65.1 Å². The van der Waals surface area contributed by atoms with Crippen LogP contribution in [0, 0.1) is 12.8 Å². The van der Waals surface area contributed by atoms with Crippen molar-refractivity contribution in [3.8, 4) is 0 Å². The summed E-state index contributed by atoms with van der Waals surface area (Å²) in [5.74, 6) is 0.407. The van der Waals surface area contributed by atoms with Gasteiger partial charge in [-0.15, -0.1) is 0 Å². The van der Waals surface area contributed by atoms with Crippen molar-refractivity contribution in [1.82, 2.24) is 16.0 Å². The summed E-state index contributed by atoms with van der Waals surface area (Å²) in [7, 11) is 3.26. The molecule has 36 heavy (non-hydrogen) atoms. The zero-order valence-corrected chi connectivity index (χ0v) is 21.5. The van der Waals surface area contributed by atoms with Crippen molar-refractivity contribution in [3.63, 3.8) is 0 Å². The molecule has 3 atom stereocenters. The second kappa shape index (κ2) is 14.6. The fraction of sp³-hybridized carbons (Fsp3) is 0.500. The number of alkyl carbamates (subject to hydrolysis) is 1. The summed E-state index contributed by atoms with van der Waals surface area (Å²) in [4.78, 5) is 24.4. The van der Waals surface area contributed by atoms with E-state index in [1.807, 2.05) is 56.4 Å². The average molecular weight is 498 g/mol. The van der Waals surface area contributed by atoms with E-state index in [2.05, 4.69) is 26.8 Å². The minimum atomic E-state index is -0.500. The molecule has 0 bridgehead atoms. The van der Waals surface area contributed by atoms with Crippen molar-refractivity contribution in [1.29, 1.82) is 0 Å². The predicted molar refractivity (Wildman–Crippen MR) is 139 cm³/mol. The number of hydrogen-bond acceptors (Lipinski definition) is 6. The van der Waals surface area contributed by atoms with E-state index in [0.717, 1.165) is 42.7 Å². The van der Waals surface area contributed by atoms with Crippen LogP contribution in [0.4, 0.5) is 4.79 Å². The predicted octanol–water partition coefficient (Wildman–Crippen LogP) is 3.59. The third-order valence-corrected chi connectivity index (χ3v) is 6.43. The normalized spacial score (nSPS) is 17.1. The summed E-state index contributed by atoms with van der Waals surface area (Å²) >= 11 is 0. The van der Waals surface area contributed by atoms with Gasteiger partial charge in [-0.1, -0.05) is 42.0 Å². The van der Waals surface area contributed by atoms with Crippen molar-refractivity contribution in [2.24, 2.45) is 5.92 Å². The molecule has 0 unspecified atom stereocenters. The molecule has 1 aliphatic rings. The van der Waals surface area contributed by atoms with E-state index in [-0.39, 0.29) is 18.1 Å². The number of amides is 2. The summed E-state index contributed by atoms with van der Waals surface area (Å²) in [5.41, 5.74) is 3.55. The lowest BCUT2D eigenvalue weighted by atomic mass is 9.94. The topological polar surface area (TPSA) is 97.9 Å². The van der Waals surface area contributed by atoms with Gasteiger partial charge in [0.1, 0.15) is 6.10 Å². The summed E-state index contributed by atoms with van der Waals surface area (Å²) in [5, 5.41) is 9.04. The molecule has 0 aromatic heterocycles. The van der Waals surface area contributed by atoms with E-state index < -0.39 is 6.09 Å². The Hall–Kier alpha value is -2.94. The van der Waals surface area contributed by atoms with Crippen LogP contribution in [-0.2, 0) is 14.2 Å². The van der Waals surface area contributed by atoms with Gasteiger partial charge in [0.25, 0.3) is 5.91 Å². The number of ether oxygens (including phenoxy) is 3. The monoisotopic (exact) mass is 497 g/mol. The highest BCUT2D eigenvalue weighted by atomic mass is 16.5. The first-order valence-corrected chi connectivity index (χ1v) is 12.6. The minimum absolute atomic E-state index is 0.118. The Morgan fingerprint density at radius 3 is 2.58 bits per heavy atom. The van der Waals surface area contributed by atoms with E-state index in [1.54, 1.807) is 0 Å². The Kier molecular flexibility index (Phi) is 11.2. The maximum Gasteiger partial charge on any atom is 0.406 e.